The molecule has 2 heterocycles. The van der Waals surface area contributed by atoms with Gasteiger partial charge in [0.05, 0.1) is 6.10 Å². The Balaban J connectivity index is 1.82. The zero-order valence-corrected chi connectivity index (χ0v) is 16.7. The van der Waals surface area contributed by atoms with Crippen LogP contribution in [0.4, 0.5) is 4.79 Å². The van der Waals surface area contributed by atoms with E-state index in [4.69, 9.17) is 4.74 Å². The third kappa shape index (κ3) is 4.59. The van der Waals surface area contributed by atoms with E-state index in [1.54, 1.807) is 12.4 Å². The van der Waals surface area contributed by atoms with E-state index in [2.05, 4.69) is 11.9 Å². The van der Waals surface area contributed by atoms with Crippen molar-refractivity contribution >= 4 is 16.9 Å². The number of rotatable bonds is 3. The number of fused-ring (bicyclic) bond motifs is 1. The summed E-state index contributed by atoms with van der Waals surface area (Å²) in [6.45, 7) is 7.70. The molecule has 0 spiro atoms. The van der Waals surface area contributed by atoms with Gasteiger partial charge < -0.3 is 14.7 Å². The number of hydrogen-bond acceptors (Lipinski definition) is 4. The molecule has 1 aliphatic heterocycles. The fraction of sp³-hybridized carbons (Fsp3) is 0.545. The first kappa shape index (κ1) is 19.6. The van der Waals surface area contributed by atoms with Gasteiger partial charge in [0.1, 0.15) is 5.60 Å². The summed E-state index contributed by atoms with van der Waals surface area (Å²) in [6.07, 6.45) is 6.00. The molecule has 0 aliphatic carbocycles. The summed E-state index contributed by atoms with van der Waals surface area (Å²) in [4.78, 5) is 18.8. The van der Waals surface area contributed by atoms with Crippen molar-refractivity contribution in [1.29, 1.82) is 0 Å². The fourth-order valence-electron chi connectivity index (χ4n) is 3.97. The van der Waals surface area contributed by atoms with Crippen molar-refractivity contribution in [3.63, 3.8) is 0 Å². The van der Waals surface area contributed by atoms with Crippen LogP contribution in [-0.4, -0.2) is 38.8 Å². The number of hydrogen-bond donors (Lipinski definition) is 1. The second kappa shape index (κ2) is 7.85. The lowest BCUT2D eigenvalue weighted by Crippen LogP contribution is -2.51. The zero-order chi connectivity index (χ0) is 19.6. The lowest BCUT2D eigenvalue weighted by molar-refractivity contribution is -0.0111. The first-order valence-electron chi connectivity index (χ1n) is 9.78. The number of benzene rings is 1. The molecular weight excluding hydrogens is 340 g/mol. The van der Waals surface area contributed by atoms with Gasteiger partial charge in [-0.3, -0.25) is 4.98 Å². The van der Waals surface area contributed by atoms with Crippen LogP contribution in [0.3, 0.4) is 0 Å². The number of carbonyl (C=O) groups is 1. The molecule has 1 aromatic heterocycles. The molecule has 1 saturated heterocycles. The zero-order valence-electron chi connectivity index (χ0n) is 16.7. The van der Waals surface area contributed by atoms with Crippen LogP contribution in [-0.2, 0) is 4.74 Å². The number of aromatic nitrogens is 1. The number of likely N-dealkylation sites (tertiary alicyclic amines) is 1. The number of piperidine rings is 1. The second-order valence-electron chi connectivity index (χ2n) is 8.52. The maximum Gasteiger partial charge on any atom is 0.410 e. The molecule has 0 saturated carbocycles. The molecule has 1 fully saturated rings. The van der Waals surface area contributed by atoms with E-state index in [9.17, 15) is 9.90 Å². The average molecular weight is 370 g/mol. The summed E-state index contributed by atoms with van der Waals surface area (Å²) in [5, 5.41) is 13.0. The SMILES string of the molecule is C[C@H]1CCC[C@@H](C[C@@H](O)c2cccc3ccncc23)N1C(=O)OC(C)(C)C. The molecule has 1 aromatic carbocycles. The lowest BCUT2D eigenvalue weighted by atomic mass is 9.90. The van der Waals surface area contributed by atoms with Crippen LogP contribution in [0.5, 0.6) is 0 Å². The second-order valence-corrected chi connectivity index (χ2v) is 8.52. The van der Waals surface area contributed by atoms with Crippen LogP contribution in [0, 0.1) is 0 Å². The van der Waals surface area contributed by atoms with Gasteiger partial charge in [0.25, 0.3) is 0 Å². The summed E-state index contributed by atoms with van der Waals surface area (Å²) in [7, 11) is 0. The fourth-order valence-corrected chi connectivity index (χ4v) is 3.97. The minimum absolute atomic E-state index is 0.0365. The summed E-state index contributed by atoms with van der Waals surface area (Å²) >= 11 is 0. The Morgan fingerprint density at radius 1 is 1.33 bits per heavy atom. The van der Waals surface area contributed by atoms with Crippen LogP contribution in [0.15, 0.2) is 36.7 Å². The Bertz CT molecular complexity index is 794. The number of carbonyl (C=O) groups excluding carboxylic acids is 1. The Hall–Kier alpha value is -2.14. The normalized spacial score (nSPS) is 21.9. The van der Waals surface area contributed by atoms with Crippen LogP contribution in [0.25, 0.3) is 10.8 Å². The highest BCUT2D eigenvalue weighted by Gasteiger charge is 2.36. The van der Waals surface area contributed by atoms with Gasteiger partial charge in [-0.05, 0) is 70.4 Å². The van der Waals surface area contributed by atoms with Crippen LogP contribution >= 0.6 is 0 Å². The molecule has 3 atom stereocenters. The molecule has 146 valence electrons. The maximum atomic E-state index is 12.8. The van der Waals surface area contributed by atoms with Gasteiger partial charge in [-0.2, -0.15) is 0 Å². The molecule has 0 unspecified atom stereocenters. The van der Waals surface area contributed by atoms with Crippen LogP contribution < -0.4 is 0 Å². The lowest BCUT2D eigenvalue weighted by Gasteiger charge is -2.42. The predicted molar refractivity (Wildman–Crippen MR) is 106 cm³/mol. The standard InChI is InChI=1S/C22H30N2O3/c1-15-7-5-9-17(24(15)21(26)27-22(2,3)4)13-20(25)18-10-6-8-16-11-12-23-14-19(16)18/h6,8,10-12,14-15,17,20,25H,5,7,9,13H2,1-4H3/t15-,17-,20+/m0/s1. The van der Waals surface area contributed by atoms with Gasteiger partial charge in [0, 0.05) is 29.9 Å². The molecule has 27 heavy (non-hydrogen) atoms. The van der Waals surface area contributed by atoms with E-state index in [1.165, 1.54) is 0 Å². The largest absolute Gasteiger partial charge is 0.444 e. The van der Waals surface area contributed by atoms with Crippen molar-refractivity contribution in [2.24, 2.45) is 0 Å². The van der Waals surface area contributed by atoms with Crippen LogP contribution in [0.1, 0.15) is 65.0 Å². The van der Waals surface area contributed by atoms with Gasteiger partial charge in [-0.1, -0.05) is 18.2 Å². The summed E-state index contributed by atoms with van der Waals surface area (Å²) < 4.78 is 5.63. The first-order valence-corrected chi connectivity index (χ1v) is 9.78. The number of aliphatic hydroxyl groups excluding tert-OH is 1. The third-order valence-electron chi connectivity index (χ3n) is 5.20. The van der Waals surface area contributed by atoms with E-state index in [1.807, 2.05) is 49.9 Å². The predicted octanol–water partition coefficient (Wildman–Crippen LogP) is 4.84. The highest BCUT2D eigenvalue weighted by molar-refractivity contribution is 5.85. The number of nitrogens with zero attached hydrogens (tertiary/aromatic N) is 2. The first-order chi connectivity index (χ1) is 12.8. The molecular formula is C22H30N2O3. The molecule has 2 aromatic rings. The number of pyridine rings is 1. The molecule has 1 amide bonds. The van der Waals surface area contributed by atoms with Gasteiger partial charge in [0.2, 0.25) is 0 Å². The van der Waals surface area contributed by atoms with Gasteiger partial charge in [-0.15, -0.1) is 0 Å². The van der Waals surface area contributed by atoms with Crippen molar-refractivity contribution in [3.05, 3.63) is 42.2 Å². The Labute approximate surface area is 161 Å². The third-order valence-corrected chi connectivity index (χ3v) is 5.20. The summed E-state index contributed by atoms with van der Waals surface area (Å²) in [5.41, 5.74) is 0.335. The average Bonchev–Trinajstić information content (AvgIpc) is 2.59. The van der Waals surface area contributed by atoms with E-state index < -0.39 is 11.7 Å². The smallest absolute Gasteiger partial charge is 0.410 e. The molecule has 0 bridgehead atoms. The quantitative estimate of drug-likeness (QED) is 0.840. The van der Waals surface area contributed by atoms with Gasteiger partial charge >= 0.3 is 6.09 Å². The molecule has 1 N–H and O–H groups in total. The van der Waals surface area contributed by atoms with E-state index in [0.29, 0.717) is 6.42 Å². The van der Waals surface area contributed by atoms with Crippen molar-refractivity contribution < 1.29 is 14.6 Å². The van der Waals surface area contributed by atoms with E-state index in [0.717, 1.165) is 35.6 Å². The van der Waals surface area contributed by atoms with Gasteiger partial charge in [0.15, 0.2) is 0 Å². The Morgan fingerprint density at radius 3 is 2.85 bits per heavy atom. The van der Waals surface area contributed by atoms with E-state index >= 15 is 0 Å². The Kier molecular flexibility index (Phi) is 5.70. The minimum Gasteiger partial charge on any atom is -0.444 e. The van der Waals surface area contributed by atoms with Crippen molar-refractivity contribution in [1.82, 2.24) is 9.88 Å². The summed E-state index contributed by atoms with van der Waals surface area (Å²) in [5.74, 6) is 0. The highest BCUT2D eigenvalue weighted by Crippen LogP contribution is 2.33. The van der Waals surface area contributed by atoms with Crippen molar-refractivity contribution in [3.8, 4) is 0 Å². The monoisotopic (exact) mass is 370 g/mol. The van der Waals surface area contributed by atoms with Crippen molar-refractivity contribution in [2.75, 3.05) is 0 Å². The maximum absolute atomic E-state index is 12.8. The van der Waals surface area contributed by atoms with E-state index in [-0.39, 0.29) is 18.2 Å². The Morgan fingerprint density at radius 2 is 2.11 bits per heavy atom. The topological polar surface area (TPSA) is 62.7 Å². The molecule has 1 aliphatic rings. The van der Waals surface area contributed by atoms with Gasteiger partial charge in [-0.25, -0.2) is 4.79 Å². The number of aliphatic hydroxyl groups is 1. The molecule has 5 nitrogen and oxygen atoms in total. The molecule has 5 heteroatoms. The molecule has 0 radical (unpaired) electrons. The highest BCUT2D eigenvalue weighted by atomic mass is 16.6. The number of amides is 1. The summed E-state index contributed by atoms with van der Waals surface area (Å²) in [6, 6.07) is 7.93. The molecule has 3 rings (SSSR count). The number of ether oxygens (including phenoxy) is 1. The minimum atomic E-state index is -0.655. The van der Waals surface area contributed by atoms with Crippen LogP contribution in [0.2, 0.25) is 0 Å². The van der Waals surface area contributed by atoms with Crippen molar-refractivity contribution in [2.45, 2.75) is 77.2 Å².